The van der Waals surface area contributed by atoms with Crippen LogP contribution in [0.3, 0.4) is 0 Å². The molecule has 27 heavy (non-hydrogen) atoms. The second-order valence-electron chi connectivity index (χ2n) is 8.39. The molecule has 1 saturated carbocycles. The van der Waals surface area contributed by atoms with Gasteiger partial charge in [0.25, 0.3) is 0 Å². The molecule has 1 amide bonds. The Morgan fingerprint density at radius 1 is 1.00 bits per heavy atom. The molecular weight excluding hydrogens is 360 g/mol. The lowest BCUT2D eigenvalue weighted by molar-refractivity contribution is -0.127. The highest BCUT2D eigenvalue weighted by atomic mass is 32.2. The van der Waals surface area contributed by atoms with Crippen molar-refractivity contribution in [3.05, 3.63) is 29.3 Å². The minimum Gasteiger partial charge on any atom is -0.353 e. The Hall–Kier alpha value is -1.40. The van der Waals surface area contributed by atoms with Crippen molar-refractivity contribution in [2.75, 3.05) is 13.1 Å². The number of sulfonamides is 1. The molecule has 2 aliphatic rings. The number of amides is 1. The van der Waals surface area contributed by atoms with Crippen LogP contribution in [0.25, 0.3) is 0 Å². The summed E-state index contributed by atoms with van der Waals surface area (Å²) < 4.78 is 27.3. The Morgan fingerprint density at radius 3 is 2.22 bits per heavy atom. The smallest absolute Gasteiger partial charge is 0.243 e. The van der Waals surface area contributed by atoms with Gasteiger partial charge in [-0.15, -0.1) is 0 Å². The summed E-state index contributed by atoms with van der Waals surface area (Å²) in [4.78, 5) is 12.9. The molecule has 1 aliphatic heterocycles. The Balaban J connectivity index is 1.56. The molecule has 1 N–H and O–H groups in total. The maximum Gasteiger partial charge on any atom is 0.243 e. The topological polar surface area (TPSA) is 66.5 Å². The van der Waals surface area contributed by atoms with Gasteiger partial charge in [-0.05, 0) is 81.5 Å². The van der Waals surface area contributed by atoms with Crippen molar-refractivity contribution in [2.24, 2.45) is 11.8 Å². The van der Waals surface area contributed by atoms with Crippen molar-refractivity contribution >= 4 is 15.9 Å². The summed E-state index contributed by atoms with van der Waals surface area (Å²) in [5, 5.41) is 3.20. The number of hydrogen-bond donors (Lipinski definition) is 1. The van der Waals surface area contributed by atoms with Gasteiger partial charge in [0.05, 0.1) is 4.90 Å². The van der Waals surface area contributed by atoms with Crippen LogP contribution in [0, 0.1) is 25.7 Å². The molecule has 6 heteroatoms. The molecule has 1 aliphatic carbocycles. The second-order valence-corrected chi connectivity index (χ2v) is 10.3. The van der Waals surface area contributed by atoms with Crippen LogP contribution in [0.2, 0.25) is 0 Å². The number of rotatable bonds is 4. The Labute approximate surface area is 163 Å². The third kappa shape index (κ3) is 4.72. The average Bonchev–Trinajstić information content (AvgIpc) is 2.66. The van der Waals surface area contributed by atoms with Gasteiger partial charge >= 0.3 is 0 Å². The summed E-state index contributed by atoms with van der Waals surface area (Å²) in [6, 6.07) is 5.58. The van der Waals surface area contributed by atoms with Gasteiger partial charge in [-0.2, -0.15) is 4.31 Å². The largest absolute Gasteiger partial charge is 0.353 e. The van der Waals surface area contributed by atoms with E-state index in [0.29, 0.717) is 36.9 Å². The molecular formula is C21H32N2O3S. The zero-order chi connectivity index (χ0) is 19.6. The first-order valence-electron chi connectivity index (χ1n) is 10.1. The second kappa shape index (κ2) is 8.31. The maximum absolute atomic E-state index is 12.9. The lowest BCUT2D eigenvalue weighted by Crippen LogP contribution is -2.46. The normalized spacial score (nSPS) is 25.3. The Bertz CT molecular complexity index is 775. The maximum atomic E-state index is 12.9. The van der Waals surface area contributed by atoms with Crippen LogP contribution in [0.15, 0.2) is 23.1 Å². The SMILES string of the molecule is Cc1ccc(S(=O)(=O)N2CCC(C(=O)NC3CCC(C)CC3)CC2)cc1C. The van der Waals surface area contributed by atoms with Gasteiger partial charge in [-0.25, -0.2) is 8.42 Å². The highest BCUT2D eigenvalue weighted by Gasteiger charge is 2.33. The van der Waals surface area contributed by atoms with Crippen LogP contribution in [0.5, 0.6) is 0 Å². The van der Waals surface area contributed by atoms with E-state index in [2.05, 4.69) is 12.2 Å². The van der Waals surface area contributed by atoms with Crippen molar-refractivity contribution in [3.8, 4) is 0 Å². The van der Waals surface area contributed by atoms with E-state index in [9.17, 15) is 13.2 Å². The zero-order valence-corrected chi connectivity index (χ0v) is 17.5. The number of hydrogen-bond acceptors (Lipinski definition) is 3. The molecule has 0 radical (unpaired) electrons. The first-order valence-corrected chi connectivity index (χ1v) is 11.6. The molecule has 1 heterocycles. The third-order valence-electron chi connectivity index (χ3n) is 6.30. The highest BCUT2D eigenvalue weighted by Crippen LogP contribution is 2.27. The van der Waals surface area contributed by atoms with Crippen LogP contribution < -0.4 is 5.32 Å². The molecule has 1 aromatic carbocycles. The number of nitrogens with one attached hydrogen (secondary N) is 1. The number of carbonyl (C=O) groups excluding carboxylic acids is 1. The third-order valence-corrected chi connectivity index (χ3v) is 8.20. The minimum atomic E-state index is -3.48. The van der Waals surface area contributed by atoms with E-state index in [0.717, 1.165) is 29.9 Å². The highest BCUT2D eigenvalue weighted by molar-refractivity contribution is 7.89. The molecule has 150 valence electrons. The number of benzene rings is 1. The first kappa shape index (κ1) is 20.3. The molecule has 5 nitrogen and oxygen atoms in total. The average molecular weight is 393 g/mol. The predicted molar refractivity (Wildman–Crippen MR) is 107 cm³/mol. The van der Waals surface area contributed by atoms with Gasteiger partial charge < -0.3 is 5.32 Å². The van der Waals surface area contributed by atoms with E-state index in [4.69, 9.17) is 0 Å². The van der Waals surface area contributed by atoms with Crippen molar-refractivity contribution in [3.63, 3.8) is 0 Å². The van der Waals surface area contributed by atoms with Crippen LogP contribution in [0.1, 0.15) is 56.6 Å². The molecule has 0 atom stereocenters. The minimum absolute atomic E-state index is 0.0736. The molecule has 3 rings (SSSR count). The standard InChI is InChI=1S/C21H32N2O3S/c1-15-4-7-19(8-5-15)22-21(24)18-10-12-23(13-11-18)27(25,26)20-9-6-16(2)17(3)14-20/h6,9,14-15,18-19H,4-5,7-8,10-13H2,1-3H3,(H,22,24). The Morgan fingerprint density at radius 2 is 1.63 bits per heavy atom. The van der Waals surface area contributed by atoms with Crippen molar-refractivity contribution in [2.45, 2.75) is 70.2 Å². The number of piperidine rings is 1. The lowest BCUT2D eigenvalue weighted by Gasteiger charge is -2.33. The van der Waals surface area contributed by atoms with Gasteiger partial charge in [0.1, 0.15) is 0 Å². The van der Waals surface area contributed by atoms with E-state index in [-0.39, 0.29) is 11.8 Å². The monoisotopic (exact) mass is 392 g/mol. The van der Waals surface area contributed by atoms with E-state index in [1.807, 2.05) is 19.9 Å². The van der Waals surface area contributed by atoms with Crippen LogP contribution in [0.4, 0.5) is 0 Å². The summed E-state index contributed by atoms with van der Waals surface area (Å²) in [5.74, 6) is 0.797. The van der Waals surface area contributed by atoms with Gasteiger partial charge in [-0.1, -0.05) is 13.0 Å². The van der Waals surface area contributed by atoms with Gasteiger partial charge in [0.2, 0.25) is 15.9 Å². The summed E-state index contributed by atoms with van der Waals surface area (Å²) in [7, 11) is -3.48. The van der Waals surface area contributed by atoms with Crippen LogP contribution in [-0.2, 0) is 14.8 Å². The van der Waals surface area contributed by atoms with E-state index in [1.54, 1.807) is 12.1 Å². The number of nitrogens with zero attached hydrogens (tertiary/aromatic N) is 1. The van der Waals surface area contributed by atoms with Crippen molar-refractivity contribution in [1.29, 1.82) is 0 Å². The molecule has 1 aromatic rings. The van der Waals surface area contributed by atoms with E-state index in [1.165, 1.54) is 17.1 Å². The van der Waals surface area contributed by atoms with Gasteiger partial charge in [0, 0.05) is 25.0 Å². The van der Waals surface area contributed by atoms with E-state index >= 15 is 0 Å². The summed E-state index contributed by atoms with van der Waals surface area (Å²) in [6.45, 7) is 6.99. The fourth-order valence-corrected chi connectivity index (χ4v) is 5.66. The van der Waals surface area contributed by atoms with E-state index < -0.39 is 10.0 Å². The van der Waals surface area contributed by atoms with Crippen LogP contribution >= 0.6 is 0 Å². The quantitative estimate of drug-likeness (QED) is 0.854. The zero-order valence-electron chi connectivity index (χ0n) is 16.7. The molecule has 1 saturated heterocycles. The van der Waals surface area contributed by atoms with Crippen molar-refractivity contribution < 1.29 is 13.2 Å². The number of aryl methyl sites for hydroxylation is 2. The molecule has 0 unspecified atom stereocenters. The fraction of sp³-hybridized carbons (Fsp3) is 0.667. The number of carbonyl (C=O) groups is 1. The summed E-state index contributed by atoms with van der Waals surface area (Å²) in [5.41, 5.74) is 2.06. The summed E-state index contributed by atoms with van der Waals surface area (Å²) >= 11 is 0. The molecule has 2 fully saturated rings. The van der Waals surface area contributed by atoms with Gasteiger partial charge in [0.15, 0.2) is 0 Å². The molecule has 0 aromatic heterocycles. The van der Waals surface area contributed by atoms with Gasteiger partial charge in [-0.3, -0.25) is 4.79 Å². The fourth-order valence-electron chi connectivity index (χ4n) is 4.11. The van der Waals surface area contributed by atoms with Crippen molar-refractivity contribution in [1.82, 2.24) is 9.62 Å². The first-order chi connectivity index (χ1) is 12.8. The molecule has 0 spiro atoms. The lowest BCUT2D eigenvalue weighted by atomic mass is 9.87. The van der Waals surface area contributed by atoms with Crippen LogP contribution in [-0.4, -0.2) is 37.8 Å². The Kier molecular flexibility index (Phi) is 6.26. The summed E-state index contributed by atoms with van der Waals surface area (Å²) in [6.07, 6.45) is 5.67. The predicted octanol–water partition coefficient (Wildman–Crippen LogP) is 3.40. The molecule has 0 bridgehead atoms.